The zero-order valence-electron chi connectivity index (χ0n) is 9.82. The molecule has 0 aliphatic carbocycles. The first kappa shape index (κ1) is 13.3. The highest BCUT2D eigenvalue weighted by Gasteiger charge is 2.03. The van der Waals surface area contributed by atoms with Crippen LogP contribution in [-0.2, 0) is 11.3 Å². The summed E-state index contributed by atoms with van der Waals surface area (Å²) in [6, 6.07) is 7.26. The third-order valence-electron chi connectivity index (χ3n) is 2.29. The van der Waals surface area contributed by atoms with Gasteiger partial charge in [0.2, 0.25) is 0 Å². The first-order chi connectivity index (χ1) is 8.27. The number of carbonyl (C=O) groups is 1. The molecule has 0 aromatic heterocycles. The molecule has 0 fully saturated rings. The van der Waals surface area contributed by atoms with Gasteiger partial charge in [0.1, 0.15) is 0 Å². The molecule has 0 saturated heterocycles. The maximum atomic E-state index is 11.7. The summed E-state index contributed by atoms with van der Waals surface area (Å²) in [5.74, 6) is -0.0767. The van der Waals surface area contributed by atoms with Gasteiger partial charge >= 0.3 is 0 Å². The summed E-state index contributed by atoms with van der Waals surface area (Å²) in [5.41, 5.74) is 7.14. The van der Waals surface area contributed by atoms with E-state index in [0.717, 1.165) is 12.0 Å². The molecule has 17 heavy (non-hydrogen) atoms. The van der Waals surface area contributed by atoms with E-state index in [4.69, 9.17) is 10.5 Å². The Hall–Kier alpha value is -1.81. The molecule has 0 saturated carbocycles. The highest BCUT2D eigenvalue weighted by atomic mass is 16.5. The molecule has 92 valence electrons. The molecule has 0 spiro atoms. The molecule has 4 nitrogen and oxygen atoms in total. The number of amides is 1. The Kier molecular flexibility index (Phi) is 5.82. The summed E-state index contributed by atoms with van der Waals surface area (Å²) >= 11 is 0. The van der Waals surface area contributed by atoms with Crippen molar-refractivity contribution in [1.82, 2.24) is 5.32 Å². The SMILES string of the molecule is C=COCCCNC(=O)c1ccc(CN)cc1. The van der Waals surface area contributed by atoms with Gasteiger partial charge in [-0.25, -0.2) is 0 Å². The van der Waals surface area contributed by atoms with Gasteiger partial charge in [-0.1, -0.05) is 18.7 Å². The molecule has 0 bridgehead atoms. The average molecular weight is 234 g/mol. The number of ether oxygens (including phenoxy) is 1. The number of hydrogen-bond donors (Lipinski definition) is 2. The number of nitrogens with one attached hydrogen (secondary N) is 1. The van der Waals surface area contributed by atoms with Crippen LogP contribution in [0.15, 0.2) is 37.1 Å². The van der Waals surface area contributed by atoms with Gasteiger partial charge < -0.3 is 15.8 Å². The van der Waals surface area contributed by atoms with Gasteiger partial charge in [0, 0.05) is 18.7 Å². The minimum atomic E-state index is -0.0767. The van der Waals surface area contributed by atoms with Crippen molar-refractivity contribution >= 4 is 5.91 Å². The Balaban J connectivity index is 2.33. The van der Waals surface area contributed by atoms with Crippen molar-refractivity contribution in [3.63, 3.8) is 0 Å². The van der Waals surface area contributed by atoms with Crippen molar-refractivity contribution in [2.24, 2.45) is 5.73 Å². The van der Waals surface area contributed by atoms with Gasteiger partial charge in [0.15, 0.2) is 0 Å². The van der Waals surface area contributed by atoms with Crippen molar-refractivity contribution in [3.8, 4) is 0 Å². The van der Waals surface area contributed by atoms with Crippen LogP contribution in [0, 0.1) is 0 Å². The first-order valence-corrected chi connectivity index (χ1v) is 5.57. The summed E-state index contributed by atoms with van der Waals surface area (Å²) in [5, 5.41) is 2.81. The third-order valence-corrected chi connectivity index (χ3v) is 2.29. The molecule has 3 N–H and O–H groups in total. The Morgan fingerprint density at radius 3 is 2.71 bits per heavy atom. The Bertz CT molecular complexity index is 360. The third kappa shape index (κ3) is 4.70. The molecule has 1 aromatic rings. The lowest BCUT2D eigenvalue weighted by Crippen LogP contribution is -2.25. The van der Waals surface area contributed by atoms with Crippen LogP contribution < -0.4 is 11.1 Å². The van der Waals surface area contributed by atoms with Crippen LogP contribution in [0.3, 0.4) is 0 Å². The fourth-order valence-electron chi connectivity index (χ4n) is 1.34. The fourth-order valence-corrected chi connectivity index (χ4v) is 1.34. The smallest absolute Gasteiger partial charge is 0.251 e. The zero-order chi connectivity index (χ0) is 12.5. The van der Waals surface area contributed by atoms with E-state index in [9.17, 15) is 4.79 Å². The molecule has 1 rings (SSSR count). The van der Waals surface area contributed by atoms with Crippen LogP contribution in [0.2, 0.25) is 0 Å². The fraction of sp³-hybridized carbons (Fsp3) is 0.308. The Labute approximate surface area is 101 Å². The van der Waals surface area contributed by atoms with E-state index >= 15 is 0 Å². The minimum absolute atomic E-state index is 0.0767. The minimum Gasteiger partial charge on any atom is -0.502 e. The van der Waals surface area contributed by atoms with Crippen LogP contribution in [0.25, 0.3) is 0 Å². The topological polar surface area (TPSA) is 64.3 Å². The van der Waals surface area contributed by atoms with E-state index in [0.29, 0.717) is 25.3 Å². The quantitative estimate of drug-likeness (QED) is 0.554. The highest BCUT2D eigenvalue weighted by molar-refractivity contribution is 5.94. The van der Waals surface area contributed by atoms with Crippen molar-refractivity contribution in [2.75, 3.05) is 13.2 Å². The summed E-state index contributed by atoms with van der Waals surface area (Å²) in [4.78, 5) is 11.7. The lowest BCUT2D eigenvalue weighted by atomic mass is 10.1. The number of carbonyl (C=O) groups excluding carboxylic acids is 1. The molecule has 4 heteroatoms. The van der Waals surface area contributed by atoms with Crippen LogP contribution in [0.1, 0.15) is 22.3 Å². The largest absolute Gasteiger partial charge is 0.502 e. The number of rotatable bonds is 7. The highest BCUT2D eigenvalue weighted by Crippen LogP contribution is 2.03. The van der Waals surface area contributed by atoms with Crippen LogP contribution >= 0.6 is 0 Å². The molecular formula is C13H18N2O2. The second-order valence-electron chi connectivity index (χ2n) is 3.55. The van der Waals surface area contributed by atoms with Gasteiger partial charge in [0.05, 0.1) is 12.9 Å². The molecule has 1 aromatic carbocycles. The molecule has 0 atom stereocenters. The van der Waals surface area contributed by atoms with E-state index in [1.165, 1.54) is 6.26 Å². The van der Waals surface area contributed by atoms with Gasteiger partial charge in [-0.2, -0.15) is 0 Å². The van der Waals surface area contributed by atoms with Crippen molar-refractivity contribution in [1.29, 1.82) is 0 Å². The lowest BCUT2D eigenvalue weighted by molar-refractivity contribution is 0.0950. The molecule has 0 radical (unpaired) electrons. The molecule has 0 unspecified atom stereocenters. The maximum Gasteiger partial charge on any atom is 0.251 e. The lowest BCUT2D eigenvalue weighted by Gasteiger charge is -2.05. The monoisotopic (exact) mass is 234 g/mol. The number of hydrogen-bond acceptors (Lipinski definition) is 3. The van der Waals surface area contributed by atoms with Crippen molar-refractivity contribution in [3.05, 3.63) is 48.2 Å². The Morgan fingerprint density at radius 1 is 1.41 bits per heavy atom. The van der Waals surface area contributed by atoms with E-state index < -0.39 is 0 Å². The van der Waals surface area contributed by atoms with Gasteiger partial charge in [-0.15, -0.1) is 0 Å². The van der Waals surface area contributed by atoms with Crippen LogP contribution in [-0.4, -0.2) is 19.1 Å². The van der Waals surface area contributed by atoms with Crippen molar-refractivity contribution in [2.45, 2.75) is 13.0 Å². The van der Waals surface area contributed by atoms with Crippen LogP contribution in [0.5, 0.6) is 0 Å². The number of nitrogens with two attached hydrogens (primary N) is 1. The van der Waals surface area contributed by atoms with Gasteiger partial charge in [-0.05, 0) is 24.1 Å². The number of benzene rings is 1. The van der Waals surface area contributed by atoms with Crippen molar-refractivity contribution < 1.29 is 9.53 Å². The molecule has 1 amide bonds. The summed E-state index contributed by atoms with van der Waals surface area (Å²) < 4.78 is 4.95. The second kappa shape index (κ2) is 7.46. The normalized spacial score (nSPS) is 9.71. The van der Waals surface area contributed by atoms with Gasteiger partial charge in [0.25, 0.3) is 5.91 Å². The predicted molar refractivity (Wildman–Crippen MR) is 67.4 cm³/mol. The molecule has 0 heterocycles. The van der Waals surface area contributed by atoms with Crippen LogP contribution in [0.4, 0.5) is 0 Å². The van der Waals surface area contributed by atoms with Gasteiger partial charge in [-0.3, -0.25) is 4.79 Å². The average Bonchev–Trinajstić information content (AvgIpc) is 2.38. The summed E-state index contributed by atoms with van der Waals surface area (Å²) in [7, 11) is 0. The predicted octanol–water partition coefficient (Wildman–Crippen LogP) is 1.43. The molecule has 0 aliphatic heterocycles. The zero-order valence-corrected chi connectivity index (χ0v) is 9.82. The second-order valence-corrected chi connectivity index (χ2v) is 3.55. The first-order valence-electron chi connectivity index (χ1n) is 5.57. The summed E-state index contributed by atoms with van der Waals surface area (Å²) in [6.45, 7) is 5.08. The molecule has 0 aliphatic rings. The Morgan fingerprint density at radius 2 is 2.12 bits per heavy atom. The maximum absolute atomic E-state index is 11.7. The van der Waals surface area contributed by atoms with E-state index in [-0.39, 0.29) is 5.91 Å². The standard InChI is InChI=1S/C13H18N2O2/c1-2-17-9-3-8-15-13(16)12-6-4-11(10-14)5-7-12/h2,4-7H,1,3,8-10,14H2,(H,15,16). The summed E-state index contributed by atoms with van der Waals surface area (Å²) in [6.07, 6.45) is 2.16. The van der Waals surface area contributed by atoms with E-state index in [1.807, 2.05) is 12.1 Å². The van der Waals surface area contributed by atoms with E-state index in [1.54, 1.807) is 12.1 Å². The molecular weight excluding hydrogens is 216 g/mol. The van der Waals surface area contributed by atoms with E-state index in [2.05, 4.69) is 11.9 Å².